The summed E-state index contributed by atoms with van der Waals surface area (Å²) in [5, 5.41) is 13.2. The van der Waals surface area contributed by atoms with Crippen molar-refractivity contribution in [2.75, 3.05) is 11.1 Å². The molecule has 0 spiro atoms. The molecule has 29 heavy (non-hydrogen) atoms. The molecule has 4 rings (SSSR count). The second-order valence-corrected chi connectivity index (χ2v) is 8.73. The van der Waals surface area contributed by atoms with Gasteiger partial charge in [-0.05, 0) is 49.6 Å². The summed E-state index contributed by atoms with van der Waals surface area (Å²) in [5.74, 6) is 1.54. The minimum Gasteiger partial charge on any atom is -0.325 e. The molecule has 0 atom stereocenters. The van der Waals surface area contributed by atoms with Crippen molar-refractivity contribution >= 4 is 35.0 Å². The summed E-state index contributed by atoms with van der Waals surface area (Å²) in [4.78, 5) is 12.5. The number of rotatable bonds is 6. The van der Waals surface area contributed by atoms with E-state index in [0.29, 0.717) is 10.9 Å². The first-order valence-corrected chi connectivity index (χ1v) is 11.3. The molecule has 1 N–H and O–H groups in total. The molecule has 1 amide bonds. The fourth-order valence-electron chi connectivity index (χ4n) is 3.70. The number of carbonyl (C=O) groups is 1. The van der Waals surface area contributed by atoms with Crippen LogP contribution in [0, 0.1) is 6.92 Å². The van der Waals surface area contributed by atoms with E-state index in [9.17, 15) is 4.79 Å². The fourth-order valence-corrected chi connectivity index (χ4v) is 4.62. The van der Waals surface area contributed by atoms with Crippen LogP contribution in [-0.2, 0) is 4.79 Å². The van der Waals surface area contributed by atoms with Gasteiger partial charge in [-0.1, -0.05) is 48.7 Å². The molecule has 0 radical (unpaired) electrons. The molecule has 152 valence electrons. The van der Waals surface area contributed by atoms with Crippen molar-refractivity contribution < 1.29 is 4.79 Å². The molecule has 2 aromatic heterocycles. The van der Waals surface area contributed by atoms with Crippen molar-refractivity contribution in [3.8, 4) is 0 Å². The molecule has 0 unspecified atom stereocenters. The van der Waals surface area contributed by atoms with Crippen molar-refractivity contribution in [2.45, 2.75) is 50.1 Å². The number of halogens is 1. The number of hydrogen-bond donors (Lipinski definition) is 1. The average Bonchev–Trinajstić information content (AvgIpc) is 3.39. The molecule has 1 aromatic carbocycles. The highest BCUT2D eigenvalue weighted by Crippen LogP contribution is 2.33. The lowest BCUT2D eigenvalue weighted by Gasteiger charge is -2.22. The van der Waals surface area contributed by atoms with Gasteiger partial charge in [-0.3, -0.25) is 9.47 Å². The lowest BCUT2D eigenvalue weighted by molar-refractivity contribution is -0.113. The van der Waals surface area contributed by atoms with Gasteiger partial charge in [-0.2, -0.15) is 0 Å². The minimum absolute atomic E-state index is 0.0957. The Kier molecular flexibility index (Phi) is 6.25. The van der Waals surface area contributed by atoms with Crippen molar-refractivity contribution in [3.05, 3.63) is 59.1 Å². The summed E-state index contributed by atoms with van der Waals surface area (Å²) in [5.41, 5.74) is 1.71. The Morgan fingerprint density at radius 1 is 1.21 bits per heavy atom. The van der Waals surface area contributed by atoms with Gasteiger partial charge in [0.15, 0.2) is 5.82 Å². The topological polar surface area (TPSA) is 64.7 Å². The van der Waals surface area contributed by atoms with Gasteiger partial charge < -0.3 is 5.32 Å². The first-order valence-electron chi connectivity index (χ1n) is 9.89. The fraction of sp³-hybridized carbons (Fsp3) is 0.381. The summed E-state index contributed by atoms with van der Waals surface area (Å²) in [6.45, 7) is 1.94. The van der Waals surface area contributed by atoms with Crippen LogP contribution in [0.3, 0.4) is 0 Å². The molecule has 3 aromatic rings. The minimum atomic E-state index is -0.0957. The van der Waals surface area contributed by atoms with E-state index in [4.69, 9.17) is 11.6 Å². The van der Waals surface area contributed by atoms with Gasteiger partial charge in [0, 0.05) is 29.0 Å². The number of carbonyl (C=O) groups excluding carboxylic acids is 1. The van der Waals surface area contributed by atoms with E-state index < -0.39 is 0 Å². The van der Waals surface area contributed by atoms with Crippen molar-refractivity contribution in [3.63, 3.8) is 0 Å². The van der Waals surface area contributed by atoms with Gasteiger partial charge in [0.1, 0.15) is 0 Å². The zero-order valence-electron chi connectivity index (χ0n) is 16.3. The average molecular weight is 430 g/mol. The Morgan fingerprint density at radius 3 is 2.72 bits per heavy atom. The lowest BCUT2D eigenvalue weighted by atomic mass is 9.89. The first kappa shape index (κ1) is 20.0. The van der Waals surface area contributed by atoms with Gasteiger partial charge in [0.2, 0.25) is 11.1 Å². The van der Waals surface area contributed by atoms with E-state index in [1.54, 1.807) is 6.07 Å². The molecule has 0 bridgehead atoms. The van der Waals surface area contributed by atoms with Crippen LogP contribution in [0.15, 0.2) is 47.9 Å². The number of nitrogens with one attached hydrogen (secondary N) is 1. The second-order valence-electron chi connectivity index (χ2n) is 7.35. The van der Waals surface area contributed by atoms with Crippen molar-refractivity contribution in [2.24, 2.45) is 0 Å². The van der Waals surface area contributed by atoms with E-state index in [2.05, 4.69) is 15.5 Å². The summed E-state index contributed by atoms with van der Waals surface area (Å²) < 4.78 is 4.03. The number of hydrogen-bond acceptors (Lipinski definition) is 4. The van der Waals surface area contributed by atoms with Crippen molar-refractivity contribution in [1.82, 2.24) is 19.5 Å². The predicted molar refractivity (Wildman–Crippen MR) is 117 cm³/mol. The Morgan fingerprint density at radius 2 is 1.97 bits per heavy atom. The maximum Gasteiger partial charge on any atom is 0.234 e. The summed E-state index contributed by atoms with van der Waals surface area (Å²) in [6.07, 6.45) is 9.99. The van der Waals surface area contributed by atoms with Crippen LogP contribution < -0.4 is 5.32 Å². The van der Waals surface area contributed by atoms with Gasteiger partial charge >= 0.3 is 0 Å². The SMILES string of the molecule is Cc1ccc(Cl)cc1NC(=O)CSc1nnc(C2CCCCC2)n1-n1cccc1. The van der Waals surface area contributed by atoms with Crippen molar-refractivity contribution in [1.29, 1.82) is 0 Å². The van der Waals surface area contributed by atoms with Crippen LogP contribution in [-0.4, -0.2) is 31.2 Å². The van der Waals surface area contributed by atoms with Crippen LogP contribution in [0.25, 0.3) is 0 Å². The highest BCUT2D eigenvalue weighted by molar-refractivity contribution is 7.99. The third kappa shape index (κ3) is 4.67. The number of anilines is 1. The van der Waals surface area contributed by atoms with Gasteiger partial charge in [0.25, 0.3) is 0 Å². The summed E-state index contributed by atoms with van der Waals surface area (Å²) >= 11 is 7.44. The third-order valence-corrected chi connectivity index (χ3v) is 6.39. The standard InChI is InChI=1S/C21H24ClN5OS/c1-15-9-10-17(22)13-18(15)23-19(28)14-29-21-25-24-20(16-7-3-2-4-8-16)27(21)26-11-5-6-12-26/h5-6,9-13,16H,2-4,7-8,14H2,1H3,(H,23,28). The zero-order valence-corrected chi connectivity index (χ0v) is 17.9. The van der Waals surface area contributed by atoms with E-state index in [0.717, 1.165) is 35.1 Å². The number of nitrogens with zero attached hydrogens (tertiary/aromatic N) is 4. The lowest BCUT2D eigenvalue weighted by Crippen LogP contribution is -2.18. The van der Waals surface area contributed by atoms with Crippen LogP contribution in [0.5, 0.6) is 0 Å². The van der Waals surface area contributed by atoms with E-state index in [-0.39, 0.29) is 11.7 Å². The summed E-state index contributed by atoms with van der Waals surface area (Å²) in [7, 11) is 0. The second kappa shape index (κ2) is 9.05. The summed E-state index contributed by atoms with van der Waals surface area (Å²) in [6, 6.07) is 9.43. The van der Waals surface area contributed by atoms with Crippen LogP contribution >= 0.6 is 23.4 Å². The Bertz CT molecular complexity index is 979. The quantitative estimate of drug-likeness (QED) is 0.551. The molecule has 2 heterocycles. The third-order valence-electron chi connectivity index (χ3n) is 5.23. The van der Waals surface area contributed by atoms with Gasteiger partial charge in [0.05, 0.1) is 5.75 Å². The van der Waals surface area contributed by atoms with Gasteiger partial charge in [-0.15, -0.1) is 10.2 Å². The molecule has 0 aliphatic heterocycles. The molecular formula is C21H24ClN5OS. The number of amides is 1. The van der Waals surface area contributed by atoms with E-state index >= 15 is 0 Å². The molecule has 6 nitrogen and oxygen atoms in total. The maximum absolute atomic E-state index is 12.5. The predicted octanol–water partition coefficient (Wildman–Crippen LogP) is 5.13. The number of thioether (sulfide) groups is 1. The molecule has 8 heteroatoms. The highest BCUT2D eigenvalue weighted by Gasteiger charge is 2.24. The maximum atomic E-state index is 12.5. The molecule has 1 saturated carbocycles. The van der Waals surface area contributed by atoms with Crippen LogP contribution in [0.1, 0.15) is 49.4 Å². The van der Waals surface area contributed by atoms with E-state index in [1.807, 2.05) is 52.9 Å². The molecule has 0 saturated heterocycles. The first-order chi connectivity index (χ1) is 14.1. The Balaban J connectivity index is 1.50. The van der Waals surface area contributed by atoms with Crippen LogP contribution in [0.4, 0.5) is 5.69 Å². The molecular weight excluding hydrogens is 406 g/mol. The van der Waals surface area contributed by atoms with E-state index in [1.165, 1.54) is 31.0 Å². The number of aryl methyl sites for hydroxylation is 1. The normalized spacial score (nSPS) is 14.8. The smallest absolute Gasteiger partial charge is 0.234 e. The Hall–Kier alpha value is -2.25. The number of benzene rings is 1. The number of aromatic nitrogens is 4. The largest absolute Gasteiger partial charge is 0.325 e. The zero-order chi connectivity index (χ0) is 20.2. The molecule has 1 aliphatic rings. The monoisotopic (exact) mass is 429 g/mol. The van der Waals surface area contributed by atoms with Gasteiger partial charge in [-0.25, -0.2) is 4.68 Å². The highest BCUT2D eigenvalue weighted by atomic mass is 35.5. The Labute approximate surface area is 179 Å². The van der Waals surface area contributed by atoms with Crippen LogP contribution in [0.2, 0.25) is 5.02 Å². The molecule has 1 aliphatic carbocycles. The molecule has 1 fully saturated rings.